The molecule has 0 fully saturated rings. The van der Waals surface area contributed by atoms with Crippen LogP contribution in [0.1, 0.15) is 38.3 Å². The van der Waals surface area contributed by atoms with Crippen LogP contribution in [0.3, 0.4) is 0 Å². The predicted octanol–water partition coefficient (Wildman–Crippen LogP) is 4.98. The van der Waals surface area contributed by atoms with Gasteiger partial charge < -0.3 is 5.32 Å². The molecule has 1 unspecified atom stereocenters. The van der Waals surface area contributed by atoms with Gasteiger partial charge in [-0.25, -0.2) is 0 Å². The van der Waals surface area contributed by atoms with Gasteiger partial charge in [0, 0.05) is 23.2 Å². The van der Waals surface area contributed by atoms with Gasteiger partial charge in [-0.2, -0.15) is 0 Å². The van der Waals surface area contributed by atoms with Crippen LogP contribution in [-0.2, 0) is 0 Å². The summed E-state index contributed by atoms with van der Waals surface area (Å²) in [6.45, 7) is 0. The maximum Gasteiger partial charge on any atom is 0.198 e. The van der Waals surface area contributed by atoms with E-state index in [0.29, 0.717) is 28.8 Å². The van der Waals surface area contributed by atoms with Crippen LogP contribution in [0.25, 0.3) is 0 Å². The fourth-order valence-corrected chi connectivity index (χ4v) is 3.74. The molecule has 0 saturated heterocycles. The van der Waals surface area contributed by atoms with Crippen LogP contribution < -0.4 is 5.32 Å². The molecule has 0 aromatic heterocycles. The molecule has 0 saturated carbocycles. The number of anilines is 1. The first-order chi connectivity index (χ1) is 12.0. The van der Waals surface area contributed by atoms with Crippen molar-refractivity contribution in [3.05, 3.63) is 88.0 Å². The number of halogens is 2. The van der Waals surface area contributed by atoms with E-state index in [9.17, 15) is 9.59 Å². The molecule has 25 heavy (non-hydrogen) atoms. The highest BCUT2D eigenvalue weighted by atomic mass is 35.5. The van der Waals surface area contributed by atoms with Crippen LogP contribution in [0.15, 0.2) is 60.7 Å². The summed E-state index contributed by atoms with van der Waals surface area (Å²) in [4.78, 5) is 25.1. The predicted molar refractivity (Wildman–Crippen MR) is 99.9 cm³/mol. The zero-order chi connectivity index (χ0) is 17.6. The van der Waals surface area contributed by atoms with Crippen molar-refractivity contribution >= 4 is 40.5 Å². The minimum absolute atomic E-state index is 0.210. The number of benzene rings is 2. The Labute approximate surface area is 154 Å². The zero-order valence-electron chi connectivity index (χ0n) is 13.1. The minimum Gasteiger partial charge on any atom is -0.363 e. The van der Waals surface area contributed by atoms with Crippen molar-refractivity contribution in [3.63, 3.8) is 0 Å². The summed E-state index contributed by atoms with van der Waals surface area (Å²) >= 11 is 12.8. The highest BCUT2D eigenvalue weighted by molar-refractivity contribution is 6.39. The average molecular weight is 370 g/mol. The minimum atomic E-state index is -0.839. The van der Waals surface area contributed by atoms with Crippen LogP contribution in [-0.4, -0.2) is 16.6 Å². The second-order valence-corrected chi connectivity index (χ2v) is 7.11. The Morgan fingerprint density at radius 1 is 0.920 bits per heavy atom. The number of nitrogens with one attached hydrogen (secondary N) is 1. The van der Waals surface area contributed by atoms with Crippen LogP contribution in [0.2, 0.25) is 5.02 Å². The standard InChI is InChI=1S/C20H13Cl2NO2/c21-14-8-4-6-12-16(14)19(25)17-13(18(12)24)7-5-9-15(17)23-20(22)10-2-1-3-11-20/h1-10,23H,11H2. The molecule has 2 aliphatic carbocycles. The van der Waals surface area contributed by atoms with Crippen LogP contribution >= 0.6 is 23.2 Å². The first-order valence-corrected chi connectivity index (χ1v) is 8.58. The van der Waals surface area contributed by atoms with Gasteiger partial charge in [0.2, 0.25) is 0 Å². The SMILES string of the molecule is O=C1c2cccc(Cl)c2C(=O)c2c(NC3(Cl)C=CC=CC3)cccc21. The second-order valence-electron chi connectivity index (χ2n) is 6.03. The number of hydrogen-bond acceptors (Lipinski definition) is 3. The van der Waals surface area contributed by atoms with E-state index in [1.807, 2.05) is 24.3 Å². The number of carbonyl (C=O) groups excluding carboxylic acids is 2. The van der Waals surface area contributed by atoms with Crippen molar-refractivity contribution < 1.29 is 9.59 Å². The Morgan fingerprint density at radius 3 is 2.36 bits per heavy atom. The van der Waals surface area contributed by atoms with E-state index in [-0.39, 0.29) is 22.2 Å². The Balaban J connectivity index is 1.85. The van der Waals surface area contributed by atoms with Gasteiger partial charge in [-0.05, 0) is 18.2 Å². The number of carbonyl (C=O) groups is 2. The summed E-state index contributed by atoms with van der Waals surface area (Å²) in [5, 5.41) is 3.47. The normalized spacial score (nSPS) is 21.0. The molecule has 2 aliphatic rings. The van der Waals surface area contributed by atoms with Crippen LogP contribution in [0, 0.1) is 0 Å². The number of fused-ring (bicyclic) bond motifs is 2. The Morgan fingerprint density at radius 2 is 1.64 bits per heavy atom. The summed E-state index contributed by atoms with van der Waals surface area (Å²) in [7, 11) is 0. The fourth-order valence-electron chi connectivity index (χ4n) is 3.22. The molecule has 2 aromatic rings. The van der Waals surface area contributed by atoms with E-state index in [0.717, 1.165) is 0 Å². The zero-order valence-corrected chi connectivity index (χ0v) is 14.6. The van der Waals surface area contributed by atoms with Crippen molar-refractivity contribution in [3.8, 4) is 0 Å². The molecule has 3 nitrogen and oxygen atoms in total. The molecular formula is C20H13Cl2NO2. The lowest BCUT2D eigenvalue weighted by molar-refractivity contribution is 0.0979. The van der Waals surface area contributed by atoms with E-state index < -0.39 is 5.00 Å². The molecule has 0 amide bonds. The third-order valence-electron chi connectivity index (χ3n) is 4.39. The monoisotopic (exact) mass is 369 g/mol. The Hall–Kier alpha value is -2.36. The highest BCUT2D eigenvalue weighted by Crippen LogP contribution is 2.37. The van der Waals surface area contributed by atoms with Crippen molar-refractivity contribution in [2.24, 2.45) is 0 Å². The van der Waals surface area contributed by atoms with Gasteiger partial charge in [0.1, 0.15) is 5.00 Å². The largest absolute Gasteiger partial charge is 0.363 e. The number of allylic oxidation sites excluding steroid dienone is 2. The van der Waals surface area contributed by atoms with Gasteiger partial charge in [-0.1, -0.05) is 65.7 Å². The van der Waals surface area contributed by atoms with Crippen molar-refractivity contribution in [1.29, 1.82) is 0 Å². The van der Waals surface area contributed by atoms with Gasteiger partial charge in [0.25, 0.3) is 0 Å². The van der Waals surface area contributed by atoms with Crippen molar-refractivity contribution in [2.75, 3.05) is 5.32 Å². The lowest BCUT2D eigenvalue weighted by atomic mass is 9.83. The van der Waals surface area contributed by atoms with Crippen molar-refractivity contribution in [1.82, 2.24) is 0 Å². The summed E-state index contributed by atoms with van der Waals surface area (Å²) in [6.07, 6.45) is 8.08. The van der Waals surface area contributed by atoms with Gasteiger partial charge in [-0.3, -0.25) is 9.59 Å². The quantitative estimate of drug-likeness (QED) is 0.511. The van der Waals surface area contributed by atoms with Gasteiger partial charge >= 0.3 is 0 Å². The first kappa shape index (κ1) is 16.1. The summed E-state index contributed by atoms with van der Waals surface area (Å²) in [5.74, 6) is -0.479. The van der Waals surface area contributed by atoms with Gasteiger partial charge in [0.05, 0.1) is 16.1 Å². The molecule has 0 radical (unpaired) electrons. The first-order valence-electron chi connectivity index (χ1n) is 7.82. The molecule has 0 heterocycles. The number of ketones is 2. The van der Waals surface area contributed by atoms with Crippen LogP contribution in [0.4, 0.5) is 5.69 Å². The fraction of sp³-hybridized carbons (Fsp3) is 0.100. The van der Waals surface area contributed by atoms with Crippen molar-refractivity contribution in [2.45, 2.75) is 11.4 Å². The molecule has 2 aromatic carbocycles. The van der Waals surface area contributed by atoms with Crippen LogP contribution in [0.5, 0.6) is 0 Å². The lowest BCUT2D eigenvalue weighted by Crippen LogP contribution is -2.32. The lowest BCUT2D eigenvalue weighted by Gasteiger charge is -2.29. The smallest absolute Gasteiger partial charge is 0.198 e. The third-order valence-corrected chi connectivity index (χ3v) is 5.08. The molecule has 4 rings (SSSR count). The highest BCUT2D eigenvalue weighted by Gasteiger charge is 2.35. The topological polar surface area (TPSA) is 46.2 Å². The molecule has 0 spiro atoms. The molecule has 0 aliphatic heterocycles. The van der Waals surface area contributed by atoms with Gasteiger partial charge in [-0.15, -0.1) is 0 Å². The van der Waals surface area contributed by atoms with E-state index in [4.69, 9.17) is 23.2 Å². The third kappa shape index (κ3) is 2.60. The average Bonchev–Trinajstić information content (AvgIpc) is 2.59. The maximum atomic E-state index is 13.1. The number of rotatable bonds is 2. The summed E-state index contributed by atoms with van der Waals surface area (Å²) < 4.78 is 0. The van der Waals surface area contributed by atoms with E-state index >= 15 is 0 Å². The van der Waals surface area contributed by atoms with Gasteiger partial charge in [0.15, 0.2) is 11.6 Å². The molecule has 0 bridgehead atoms. The Kier molecular flexibility index (Phi) is 3.78. The number of alkyl halides is 1. The summed E-state index contributed by atoms with van der Waals surface area (Å²) in [6, 6.07) is 10.1. The molecule has 1 atom stereocenters. The number of hydrogen-bond donors (Lipinski definition) is 1. The molecule has 124 valence electrons. The molecular weight excluding hydrogens is 357 g/mol. The van der Waals surface area contributed by atoms with E-state index in [1.54, 1.807) is 36.4 Å². The van der Waals surface area contributed by atoms with E-state index in [2.05, 4.69) is 5.32 Å². The Bertz CT molecular complexity index is 978. The second kappa shape index (κ2) is 5.87. The summed E-state index contributed by atoms with van der Waals surface area (Å²) in [5.41, 5.74) is 1.79. The van der Waals surface area contributed by atoms with E-state index in [1.165, 1.54) is 0 Å². The molecule has 1 N–H and O–H groups in total. The molecule has 5 heteroatoms. The maximum absolute atomic E-state index is 13.1.